The minimum atomic E-state index is -3.54. The molecule has 0 rings (SSSR count). The van der Waals surface area contributed by atoms with Gasteiger partial charge in [-0.05, 0) is 6.92 Å². The summed E-state index contributed by atoms with van der Waals surface area (Å²) in [5.74, 6) is -0.986. The monoisotopic (exact) mass is 225 g/mol. The summed E-state index contributed by atoms with van der Waals surface area (Å²) in [6.07, 6.45) is 0. The Bertz CT molecular complexity index is 274. The lowest BCUT2D eigenvalue weighted by Gasteiger charge is -2.14. The van der Waals surface area contributed by atoms with Gasteiger partial charge in [-0.1, -0.05) is 0 Å². The summed E-state index contributed by atoms with van der Waals surface area (Å²) in [6, 6.07) is 0. The number of rotatable bonds is 6. The van der Waals surface area contributed by atoms with Gasteiger partial charge >= 0.3 is 5.97 Å². The van der Waals surface area contributed by atoms with E-state index in [0.717, 1.165) is 4.31 Å². The van der Waals surface area contributed by atoms with Crippen molar-refractivity contribution in [2.24, 2.45) is 0 Å². The summed E-state index contributed by atoms with van der Waals surface area (Å²) >= 11 is 0. The van der Waals surface area contributed by atoms with E-state index in [0.29, 0.717) is 0 Å². The zero-order valence-electron chi connectivity index (χ0n) is 8.26. The van der Waals surface area contributed by atoms with Crippen LogP contribution >= 0.6 is 0 Å². The molecule has 0 aliphatic carbocycles. The van der Waals surface area contributed by atoms with Crippen molar-refractivity contribution >= 4 is 16.0 Å². The molecule has 0 aliphatic heterocycles. The molecule has 0 atom stereocenters. The van der Waals surface area contributed by atoms with E-state index >= 15 is 0 Å². The van der Waals surface area contributed by atoms with Gasteiger partial charge in [0.2, 0.25) is 10.0 Å². The number of carbonyl (C=O) groups is 1. The van der Waals surface area contributed by atoms with E-state index in [4.69, 9.17) is 5.11 Å². The Labute approximate surface area is 83.5 Å². The molecule has 0 amide bonds. The fourth-order valence-electron chi connectivity index (χ4n) is 0.758. The van der Waals surface area contributed by atoms with E-state index in [1.807, 2.05) is 0 Å². The topological polar surface area (TPSA) is 83.9 Å². The van der Waals surface area contributed by atoms with Gasteiger partial charge in [0.25, 0.3) is 0 Å². The third-order valence-electron chi connectivity index (χ3n) is 1.48. The van der Waals surface area contributed by atoms with Crippen molar-refractivity contribution in [3.05, 3.63) is 0 Å². The SMILES string of the molecule is CCOC(=O)CN(C)S(=O)(=O)CCO. The van der Waals surface area contributed by atoms with Crippen molar-refractivity contribution < 1.29 is 23.1 Å². The molecule has 0 aromatic rings. The molecule has 0 spiro atoms. The number of aliphatic hydroxyl groups is 1. The summed E-state index contributed by atoms with van der Waals surface area (Å²) in [7, 11) is -2.28. The number of esters is 1. The van der Waals surface area contributed by atoms with E-state index in [1.54, 1.807) is 6.92 Å². The zero-order chi connectivity index (χ0) is 11.2. The predicted octanol–water partition coefficient (Wildman–Crippen LogP) is -1.20. The molecule has 0 heterocycles. The minimum Gasteiger partial charge on any atom is -0.465 e. The average molecular weight is 225 g/mol. The third kappa shape index (κ3) is 4.54. The lowest BCUT2D eigenvalue weighted by molar-refractivity contribution is -0.143. The molecule has 14 heavy (non-hydrogen) atoms. The standard InChI is InChI=1S/C7H15NO5S/c1-3-13-7(10)6-8(2)14(11,12)5-4-9/h9H,3-6H2,1-2H3. The Morgan fingerprint density at radius 2 is 2.07 bits per heavy atom. The maximum Gasteiger partial charge on any atom is 0.321 e. The highest BCUT2D eigenvalue weighted by molar-refractivity contribution is 7.89. The molecular weight excluding hydrogens is 210 g/mol. The smallest absolute Gasteiger partial charge is 0.321 e. The molecule has 0 fully saturated rings. The average Bonchev–Trinajstić information content (AvgIpc) is 2.04. The second-order valence-corrected chi connectivity index (χ2v) is 4.80. The van der Waals surface area contributed by atoms with Crippen molar-refractivity contribution in [1.29, 1.82) is 0 Å². The van der Waals surface area contributed by atoms with Crippen molar-refractivity contribution in [2.75, 3.05) is 32.6 Å². The first-order chi connectivity index (χ1) is 6.44. The van der Waals surface area contributed by atoms with Crippen LogP contribution in [0.5, 0.6) is 0 Å². The lowest BCUT2D eigenvalue weighted by Crippen LogP contribution is -2.35. The van der Waals surface area contributed by atoms with Crippen molar-refractivity contribution in [3.8, 4) is 0 Å². The number of ether oxygens (including phenoxy) is 1. The third-order valence-corrected chi connectivity index (χ3v) is 3.26. The van der Waals surface area contributed by atoms with Gasteiger partial charge in [0.15, 0.2) is 0 Å². The summed E-state index contributed by atoms with van der Waals surface area (Å²) in [4.78, 5) is 10.9. The van der Waals surface area contributed by atoms with E-state index < -0.39 is 22.6 Å². The fraction of sp³-hybridized carbons (Fsp3) is 0.857. The van der Waals surface area contributed by atoms with Crippen LogP contribution in [-0.4, -0.2) is 56.4 Å². The maximum absolute atomic E-state index is 11.2. The summed E-state index contributed by atoms with van der Waals surface area (Å²) < 4.78 is 27.9. The van der Waals surface area contributed by atoms with Crippen LogP contribution in [0.4, 0.5) is 0 Å². The first-order valence-electron chi connectivity index (χ1n) is 4.14. The van der Waals surface area contributed by atoms with E-state index in [-0.39, 0.29) is 18.9 Å². The van der Waals surface area contributed by atoms with Crippen LogP contribution in [0.15, 0.2) is 0 Å². The highest BCUT2D eigenvalue weighted by atomic mass is 32.2. The zero-order valence-corrected chi connectivity index (χ0v) is 9.08. The summed E-state index contributed by atoms with van der Waals surface area (Å²) in [6.45, 7) is 1.07. The molecule has 0 saturated heterocycles. The highest BCUT2D eigenvalue weighted by Crippen LogP contribution is 1.97. The first-order valence-corrected chi connectivity index (χ1v) is 5.75. The van der Waals surface area contributed by atoms with Crippen molar-refractivity contribution in [2.45, 2.75) is 6.92 Å². The Morgan fingerprint density at radius 3 is 2.50 bits per heavy atom. The van der Waals surface area contributed by atoms with Gasteiger partial charge in [-0.2, -0.15) is 4.31 Å². The fourth-order valence-corrected chi connectivity index (χ4v) is 1.60. The van der Waals surface area contributed by atoms with Gasteiger partial charge < -0.3 is 9.84 Å². The second-order valence-electron chi connectivity index (χ2n) is 2.60. The van der Waals surface area contributed by atoms with Gasteiger partial charge in [0, 0.05) is 7.05 Å². The number of carbonyl (C=O) groups excluding carboxylic acids is 1. The molecule has 0 radical (unpaired) electrons. The van der Waals surface area contributed by atoms with Gasteiger partial charge in [-0.15, -0.1) is 0 Å². The molecule has 0 aromatic heterocycles. The van der Waals surface area contributed by atoms with Crippen molar-refractivity contribution in [3.63, 3.8) is 0 Å². The largest absolute Gasteiger partial charge is 0.465 e. The normalized spacial score (nSPS) is 11.7. The molecular formula is C7H15NO5S. The van der Waals surface area contributed by atoms with E-state index in [2.05, 4.69) is 4.74 Å². The summed E-state index contributed by atoms with van der Waals surface area (Å²) in [5.41, 5.74) is 0. The molecule has 84 valence electrons. The van der Waals surface area contributed by atoms with Crippen molar-refractivity contribution in [1.82, 2.24) is 4.31 Å². The molecule has 0 bridgehead atoms. The molecule has 0 aliphatic rings. The number of nitrogens with zero attached hydrogens (tertiary/aromatic N) is 1. The van der Waals surface area contributed by atoms with Gasteiger partial charge in [0.05, 0.1) is 19.0 Å². The number of aliphatic hydroxyl groups excluding tert-OH is 1. The quantitative estimate of drug-likeness (QED) is 0.574. The van der Waals surface area contributed by atoms with E-state index in [1.165, 1.54) is 7.05 Å². The Hall–Kier alpha value is -0.660. The highest BCUT2D eigenvalue weighted by Gasteiger charge is 2.20. The van der Waals surface area contributed by atoms with Crippen LogP contribution in [0.2, 0.25) is 0 Å². The van der Waals surface area contributed by atoms with Crippen LogP contribution < -0.4 is 0 Å². The molecule has 0 aromatic carbocycles. The molecule has 1 N–H and O–H groups in total. The molecule has 0 unspecified atom stereocenters. The van der Waals surface area contributed by atoms with Crippen LogP contribution in [0.25, 0.3) is 0 Å². The number of sulfonamides is 1. The second kappa shape index (κ2) is 5.94. The van der Waals surface area contributed by atoms with Crippen LogP contribution in [0, 0.1) is 0 Å². The van der Waals surface area contributed by atoms with Crippen LogP contribution in [0.1, 0.15) is 6.92 Å². The van der Waals surface area contributed by atoms with Gasteiger partial charge in [0.1, 0.15) is 6.54 Å². The number of likely N-dealkylation sites (N-methyl/N-ethyl adjacent to an activating group) is 1. The van der Waals surface area contributed by atoms with E-state index in [9.17, 15) is 13.2 Å². The predicted molar refractivity (Wildman–Crippen MR) is 50.1 cm³/mol. The Balaban J connectivity index is 4.20. The van der Waals surface area contributed by atoms with Gasteiger partial charge in [-0.25, -0.2) is 8.42 Å². The molecule has 6 nitrogen and oxygen atoms in total. The number of hydrogen-bond donors (Lipinski definition) is 1. The van der Waals surface area contributed by atoms with Gasteiger partial charge in [-0.3, -0.25) is 4.79 Å². The minimum absolute atomic E-state index is 0.215. The Kier molecular flexibility index (Phi) is 5.66. The Morgan fingerprint density at radius 1 is 1.50 bits per heavy atom. The first kappa shape index (κ1) is 13.3. The van der Waals surface area contributed by atoms with Crippen LogP contribution in [-0.2, 0) is 19.6 Å². The number of hydrogen-bond acceptors (Lipinski definition) is 5. The maximum atomic E-state index is 11.2. The lowest BCUT2D eigenvalue weighted by atomic mass is 10.6. The molecule has 0 saturated carbocycles. The summed E-state index contributed by atoms with van der Waals surface area (Å²) in [5, 5.41) is 8.47. The molecule has 7 heteroatoms. The van der Waals surface area contributed by atoms with Crippen LogP contribution in [0.3, 0.4) is 0 Å².